The Kier molecular flexibility index (Phi) is 6.64. The van der Waals surface area contributed by atoms with Crippen molar-refractivity contribution in [1.29, 1.82) is 0 Å². The van der Waals surface area contributed by atoms with Crippen molar-refractivity contribution in [2.75, 3.05) is 18.5 Å². The number of carbonyl (C=O) groups excluding carboxylic acids is 3. The van der Waals surface area contributed by atoms with E-state index in [1.54, 1.807) is 13.8 Å². The smallest absolute Gasteiger partial charge is 0.350 e. The Balaban J connectivity index is 1.83. The number of carbonyl (C=O) groups is 3. The van der Waals surface area contributed by atoms with Gasteiger partial charge in [-0.05, 0) is 19.4 Å². The summed E-state index contributed by atoms with van der Waals surface area (Å²) in [7, 11) is 0. The first-order valence-corrected chi connectivity index (χ1v) is 8.56. The van der Waals surface area contributed by atoms with Gasteiger partial charge in [-0.3, -0.25) is 9.59 Å². The maximum Gasteiger partial charge on any atom is 0.350 e. The van der Waals surface area contributed by atoms with E-state index in [9.17, 15) is 14.4 Å². The van der Waals surface area contributed by atoms with Gasteiger partial charge in [-0.2, -0.15) is 0 Å². The molecule has 0 spiro atoms. The fraction of sp³-hybridized carbons (Fsp3) is 0.294. The van der Waals surface area contributed by atoms with Crippen LogP contribution < -0.4 is 10.6 Å². The summed E-state index contributed by atoms with van der Waals surface area (Å²) in [5.74, 6) is -1.12. The molecule has 0 bridgehead atoms. The normalized spacial score (nSPS) is 10.2. The first-order chi connectivity index (χ1) is 12.0. The minimum atomic E-state index is -0.464. The summed E-state index contributed by atoms with van der Waals surface area (Å²) in [5, 5.41) is 5.41. The van der Waals surface area contributed by atoms with E-state index in [4.69, 9.17) is 4.74 Å². The number of nitrogens with zero attached hydrogens (tertiary/aromatic N) is 1. The molecule has 8 heteroatoms. The van der Waals surface area contributed by atoms with E-state index in [1.165, 1.54) is 0 Å². The molecular weight excluding hydrogens is 342 g/mol. The van der Waals surface area contributed by atoms with Crippen LogP contribution in [0.2, 0.25) is 0 Å². The number of hydrogen-bond donors (Lipinski definition) is 2. The fourth-order valence-corrected chi connectivity index (χ4v) is 2.90. The van der Waals surface area contributed by atoms with Crippen molar-refractivity contribution in [2.45, 2.75) is 20.3 Å². The van der Waals surface area contributed by atoms with Crippen LogP contribution in [0.1, 0.15) is 27.9 Å². The number of rotatable bonds is 7. The quantitative estimate of drug-likeness (QED) is 0.735. The van der Waals surface area contributed by atoms with E-state index in [-0.39, 0.29) is 25.5 Å². The Morgan fingerprint density at radius 3 is 2.56 bits per heavy atom. The third kappa shape index (κ3) is 5.68. The van der Waals surface area contributed by atoms with Gasteiger partial charge in [0.1, 0.15) is 4.88 Å². The van der Waals surface area contributed by atoms with E-state index in [1.807, 2.05) is 30.3 Å². The molecule has 0 aliphatic carbocycles. The van der Waals surface area contributed by atoms with Crippen molar-refractivity contribution < 1.29 is 19.1 Å². The first kappa shape index (κ1) is 18.6. The lowest BCUT2D eigenvalue weighted by atomic mass is 10.1. The molecule has 2 amide bonds. The van der Waals surface area contributed by atoms with Crippen molar-refractivity contribution in [2.24, 2.45) is 0 Å². The highest BCUT2D eigenvalue weighted by Gasteiger charge is 2.17. The van der Waals surface area contributed by atoms with E-state index >= 15 is 0 Å². The Morgan fingerprint density at radius 2 is 1.88 bits per heavy atom. The van der Waals surface area contributed by atoms with Crippen LogP contribution in [0, 0.1) is 6.92 Å². The zero-order valence-corrected chi connectivity index (χ0v) is 14.8. The third-order valence-electron chi connectivity index (χ3n) is 3.16. The number of anilines is 1. The standard InChI is InChI=1S/C17H19N3O4S/c1-3-24-16(23)15-11(2)19-17(25-15)20-14(22)10-18-13(21)9-12-7-5-4-6-8-12/h4-8H,3,9-10H2,1-2H3,(H,18,21)(H,19,20,22). The zero-order valence-electron chi connectivity index (χ0n) is 14.0. The molecular formula is C17H19N3O4S. The van der Waals surface area contributed by atoms with Gasteiger partial charge in [-0.15, -0.1) is 0 Å². The van der Waals surface area contributed by atoms with Crippen LogP contribution in [0.25, 0.3) is 0 Å². The molecule has 0 fully saturated rings. The van der Waals surface area contributed by atoms with Crippen LogP contribution in [0.3, 0.4) is 0 Å². The molecule has 0 saturated heterocycles. The number of ether oxygens (including phenoxy) is 1. The van der Waals surface area contributed by atoms with Crippen LogP contribution in [0.5, 0.6) is 0 Å². The van der Waals surface area contributed by atoms with Crippen molar-refractivity contribution in [1.82, 2.24) is 10.3 Å². The minimum Gasteiger partial charge on any atom is -0.462 e. The molecule has 132 valence electrons. The van der Waals surface area contributed by atoms with E-state index in [2.05, 4.69) is 15.6 Å². The van der Waals surface area contributed by atoms with Gasteiger partial charge in [0.25, 0.3) is 0 Å². The van der Waals surface area contributed by atoms with Crippen molar-refractivity contribution in [3.05, 3.63) is 46.5 Å². The molecule has 0 unspecified atom stereocenters. The summed E-state index contributed by atoms with van der Waals surface area (Å²) < 4.78 is 4.92. The number of amides is 2. The number of nitrogens with one attached hydrogen (secondary N) is 2. The molecule has 2 aromatic rings. The highest BCUT2D eigenvalue weighted by Crippen LogP contribution is 2.23. The predicted octanol–water partition coefficient (Wildman–Crippen LogP) is 1.93. The van der Waals surface area contributed by atoms with Gasteiger partial charge in [-0.1, -0.05) is 41.7 Å². The molecule has 0 radical (unpaired) electrons. The van der Waals surface area contributed by atoms with Crippen LogP contribution >= 0.6 is 11.3 Å². The van der Waals surface area contributed by atoms with E-state index in [0.29, 0.717) is 15.7 Å². The van der Waals surface area contributed by atoms with Crippen LogP contribution in [-0.4, -0.2) is 35.9 Å². The molecule has 1 aromatic heterocycles. The molecule has 2 N–H and O–H groups in total. The lowest BCUT2D eigenvalue weighted by molar-refractivity contribution is -0.123. The van der Waals surface area contributed by atoms with Gasteiger partial charge >= 0.3 is 5.97 Å². The SMILES string of the molecule is CCOC(=O)c1sc(NC(=O)CNC(=O)Cc2ccccc2)nc1C. The maximum absolute atomic E-state index is 11.9. The lowest BCUT2D eigenvalue weighted by Crippen LogP contribution is -2.33. The van der Waals surface area contributed by atoms with Crippen LogP contribution in [0.15, 0.2) is 30.3 Å². The van der Waals surface area contributed by atoms with Gasteiger partial charge in [0.05, 0.1) is 25.3 Å². The van der Waals surface area contributed by atoms with Gasteiger partial charge in [0.2, 0.25) is 11.8 Å². The second-order valence-corrected chi connectivity index (χ2v) is 6.14. The van der Waals surface area contributed by atoms with Gasteiger partial charge in [0.15, 0.2) is 5.13 Å². The number of aromatic nitrogens is 1. The number of thiazole rings is 1. The summed E-state index contributed by atoms with van der Waals surface area (Å²) in [6, 6.07) is 9.25. The molecule has 0 aliphatic heterocycles. The minimum absolute atomic E-state index is 0.168. The summed E-state index contributed by atoms with van der Waals surface area (Å²) in [4.78, 5) is 39.9. The van der Waals surface area contributed by atoms with E-state index < -0.39 is 11.9 Å². The second-order valence-electron chi connectivity index (χ2n) is 5.14. The summed E-state index contributed by atoms with van der Waals surface area (Å²) >= 11 is 1.04. The summed E-state index contributed by atoms with van der Waals surface area (Å²) in [6.45, 7) is 3.49. The average Bonchev–Trinajstić information content (AvgIpc) is 2.94. The average molecular weight is 361 g/mol. The molecule has 7 nitrogen and oxygen atoms in total. The molecule has 25 heavy (non-hydrogen) atoms. The molecule has 0 aliphatic rings. The maximum atomic E-state index is 11.9. The van der Waals surface area contributed by atoms with Crippen LogP contribution in [0.4, 0.5) is 5.13 Å². The van der Waals surface area contributed by atoms with Gasteiger partial charge in [-0.25, -0.2) is 9.78 Å². The fourth-order valence-electron chi connectivity index (χ4n) is 2.02. The Labute approximate surface area is 149 Å². The van der Waals surface area contributed by atoms with Gasteiger partial charge < -0.3 is 15.4 Å². The second kappa shape index (κ2) is 8.93. The lowest BCUT2D eigenvalue weighted by Gasteiger charge is -2.05. The summed E-state index contributed by atoms with van der Waals surface area (Å²) in [6.07, 6.45) is 0.206. The molecule has 0 atom stereocenters. The number of benzene rings is 1. The predicted molar refractivity (Wildman–Crippen MR) is 94.6 cm³/mol. The van der Waals surface area contributed by atoms with Crippen LogP contribution in [-0.2, 0) is 20.7 Å². The third-order valence-corrected chi connectivity index (χ3v) is 4.21. The Hall–Kier alpha value is -2.74. The molecule has 1 heterocycles. The number of esters is 1. The number of aryl methyl sites for hydroxylation is 1. The first-order valence-electron chi connectivity index (χ1n) is 7.74. The van der Waals surface area contributed by atoms with Crippen molar-refractivity contribution >= 4 is 34.3 Å². The van der Waals surface area contributed by atoms with Gasteiger partial charge in [0, 0.05) is 0 Å². The monoisotopic (exact) mass is 361 g/mol. The summed E-state index contributed by atoms with van der Waals surface area (Å²) in [5.41, 5.74) is 1.36. The Bertz CT molecular complexity index is 759. The van der Waals surface area contributed by atoms with Crippen molar-refractivity contribution in [3.8, 4) is 0 Å². The largest absolute Gasteiger partial charge is 0.462 e. The highest BCUT2D eigenvalue weighted by molar-refractivity contribution is 7.17. The highest BCUT2D eigenvalue weighted by atomic mass is 32.1. The number of hydrogen-bond acceptors (Lipinski definition) is 6. The molecule has 0 saturated carbocycles. The van der Waals surface area contributed by atoms with Crippen molar-refractivity contribution in [3.63, 3.8) is 0 Å². The zero-order chi connectivity index (χ0) is 18.2. The van der Waals surface area contributed by atoms with E-state index in [0.717, 1.165) is 16.9 Å². The molecule has 1 aromatic carbocycles. The Morgan fingerprint density at radius 1 is 1.16 bits per heavy atom. The molecule has 2 rings (SSSR count). The topological polar surface area (TPSA) is 97.4 Å².